The first-order chi connectivity index (χ1) is 12.2. The summed E-state index contributed by atoms with van der Waals surface area (Å²) in [5.74, 6) is 0.831. The highest BCUT2D eigenvalue weighted by molar-refractivity contribution is 6.02. The number of hydrogen-bond acceptors (Lipinski definition) is 3. The molecule has 26 heavy (non-hydrogen) atoms. The van der Waals surface area contributed by atoms with Gasteiger partial charge in [-0.1, -0.05) is 37.1 Å². The van der Waals surface area contributed by atoms with E-state index in [-0.39, 0.29) is 11.7 Å². The maximum absolute atomic E-state index is 13.4. The molecule has 1 aliphatic rings. The summed E-state index contributed by atoms with van der Waals surface area (Å²) in [6.45, 7) is 18.2. The van der Waals surface area contributed by atoms with Crippen molar-refractivity contribution in [2.45, 2.75) is 72.8 Å². The number of carbonyl (C=O) groups is 1. The molecule has 0 spiro atoms. The Morgan fingerprint density at radius 2 is 2.08 bits per heavy atom. The average molecular weight is 361 g/mol. The highest BCUT2D eigenvalue weighted by Crippen LogP contribution is 2.45. The van der Waals surface area contributed by atoms with E-state index in [1.54, 1.807) is 6.08 Å². The van der Waals surface area contributed by atoms with Crippen LogP contribution in [0.2, 0.25) is 0 Å². The van der Waals surface area contributed by atoms with Crippen molar-refractivity contribution in [2.24, 2.45) is 11.3 Å². The van der Waals surface area contributed by atoms with Crippen LogP contribution in [0.3, 0.4) is 0 Å². The van der Waals surface area contributed by atoms with Crippen LogP contribution in [0.25, 0.3) is 0 Å². The first kappa shape index (κ1) is 22.4. The summed E-state index contributed by atoms with van der Waals surface area (Å²) < 4.78 is 5.77. The van der Waals surface area contributed by atoms with E-state index < -0.39 is 11.5 Å². The van der Waals surface area contributed by atoms with E-state index in [4.69, 9.17) is 4.74 Å². The lowest BCUT2D eigenvalue weighted by Crippen LogP contribution is -2.43. The summed E-state index contributed by atoms with van der Waals surface area (Å²) in [6, 6.07) is 0. The Bertz CT molecular complexity index is 597. The largest absolute Gasteiger partial charge is 0.498 e. The first-order valence-electron chi connectivity index (χ1n) is 9.68. The van der Waals surface area contributed by atoms with Crippen molar-refractivity contribution >= 4 is 5.78 Å². The van der Waals surface area contributed by atoms with Gasteiger partial charge in [-0.3, -0.25) is 4.79 Å². The van der Waals surface area contributed by atoms with Crippen LogP contribution < -0.4 is 0 Å². The number of aliphatic hydroxyl groups is 1. The molecule has 0 aliphatic heterocycles. The molecular formula is C23H36O3. The smallest absolute Gasteiger partial charge is 0.171 e. The van der Waals surface area contributed by atoms with E-state index in [0.717, 1.165) is 36.8 Å². The Balaban J connectivity index is 3.23. The molecule has 0 bridgehead atoms. The monoisotopic (exact) mass is 360 g/mol. The number of hydrogen-bond donors (Lipinski definition) is 1. The van der Waals surface area contributed by atoms with Gasteiger partial charge in [-0.2, -0.15) is 0 Å². The standard InChI is InChI=1S/C23H36O3/c1-8-10-11-17(5)14-19(24)21-20(26-9-2)15-18(6)23(7,22(21)25)13-12-16(3)4/h8,14,18-19,24H,1,3,9-13,15H2,2,4-7H3/b17-14+/t18-,19?,23-/m1/s1. The van der Waals surface area contributed by atoms with E-state index >= 15 is 0 Å². The van der Waals surface area contributed by atoms with Crippen molar-refractivity contribution < 1.29 is 14.6 Å². The van der Waals surface area contributed by atoms with Gasteiger partial charge in [-0.05, 0) is 52.4 Å². The molecule has 0 heterocycles. The second-order valence-electron chi connectivity index (χ2n) is 7.86. The van der Waals surface area contributed by atoms with Crippen LogP contribution >= 0.6 is 0 Å². The maximum atomic E-state index is 13.4. The van der Waals surface area contributed by atoms with Crippen molar-refractivity contribution in [3.63, 3.8) is 0 Å². The van der Waals surface area contributed by atoms with Crippen LogP contribution in [-0.2, 0) is 9.53 Å². The molecule has 0 aromatic rings. The van der Waals surface area contributed by atoms with E-state index in [0.29, 0.717) is 24.4 Å². The molecule has 1 rings (SSSR count). The summed E-state index contributed by atoms with van der Waals surface area (Å²) in [6.07, 6.45) is 6.64. The highest BCUT2D eigenvalue weighted by atomic mass is 16.5. The molecule has 3 heteroatoms. The van der Waals surface area contributed by atoms with Crippen LogP contribution in [0.4, 0.5) is 0 Å². The van der Waals surface area contributed by atoms with Gasteiger partial charge in [0, 0.05) is 11.8 Å². The Labute approximate surface area is 159 Å². The van der Waals surface area contributed by atoms with Crippen molar-refractivity contribution in [1.82, 2.24) is 0 Å². The summed E-state index contributed by atoms with van der Waals surface area (Å²) in [5, 5.41) is 10.8. The average Bonchev–Trinajstić information content (AvgIpc) is 2.56. The van der Waals surface area contributed by atoms with Crippen LogP contribution in [0.1, 0.15) is 66.7 Å². The summed E-state index contributed by atoms with van der Waals surface area (Å²) >= 11 is 0. The molecule has 0 amide bonds. The van der Waals surface area contributed by atoms with E-state index in [2.05, 4.69) is 20.1 Å². The topological polar surface area (TPSA) is 46.5 Å². The highest BCUT2D eigenvalue weighted by Gasteiger charge is 2.46. The van der Waals surface area contributed by atoms with Gasteiger partial charge in [-0.15, -0.1) is 13.2 Å². The molecule has 0 aromatic carbocycles. The zero-order chi connectivity index (χ0) is 19.9. The van der Waals surface area contributed by atoms with Crippen LogP contribution in [0.15, 0.2) is 47.8 Å². The summed E-state index contributed by atoms with van der Waals surface area (Å²) in [7, 11) is 0. The van der Waals surface area contributed by atoms with Crippen molar-refractivity contribution in [3.05, 3.63) is 47.8 Å². The van der Waals surface area contributed by atoms with Gasteiger partial charge in [0.25, 0.3) is 0 Å². The summed E-state index contributed by atoms with van der Waals surface area (Å²) in [5.41, 5.74) is 2.06. The van der Waals surface area contributed by atoms with Gasteiger partial charge in [0.05, 0.1) is 12.2 Å². The normalized spacial score (nSPS) is 25.2. The van der Waals surface area contributed by atoms with Gasteiger partial charge < -0.3 is 9.84 Å². The number of Topliss-reactive ketones (excluding diaryl/α,β-unsaturated/α-hetero) is 1. The second-order valence-corrected chi connectivity index (χ2v) is 7.86. The molecular weight excluding hydrogens is 324 g/mol. The summed E-state index contributed by atoms with van der Waals surface area (Å²) in [4.78, 5) is 13.4. The quantitative estimate of drug-likeness (QED) is 0.522. The molecule has 0 radical (unpaired) electrons. The zero-order valence-corrected chi connectivity index (χ0v) is 17.2. The number of allylic oxidation sites excluding steroid dienone is 4. The van der Waals surface area contributed by atoms with Crippen molar-refractivity contribution in [3.8, 4) is 0 Å². The third-order valence-electron chi connectivity index (χ3n) is 5.51. The van der Waals surface area contributed by atoms with Gasteiger partial charge in [-0.25, -0.2) is 0 Å². The van der Waals surface area contributed by atoms with Crippen LogP contribution in [-0.4, -0.2) is 23.6 Å². The molecule has 1 unspecified atom stereocenters. The van der Waals surface area contributed by atoms with E-state index in [9.17, 15) is 9.90 Å². The third-order valence-corrected chi connectivity index (χ3v) is 5.51. The van der Waals surface area contributed by atoms with Gasteiger partial charge in [0.1, 0.15) is 11.9 Å². The molecule has 3 nitrogen and oxygen atoms in total. The number of ether oxygens (including phenoxy) is 1. The molecule has 3 atom stereocenters. The third kappa shape index (κ3) is 5.44. The Morgan fingerprint density at radius 1 is 1.42 bits per heavy atom. The molecule has 146 valence electrons. The fraction of sp³-hybridized carbons (Fsp3) is 0.609. The first-order valence-corrected chi connectivity index (χ1v) is 9.68. The molecule has 1 aliphatic carbocycles. The maximum Gasteiger partial charge on any atom is 0.171 e. The van der Waals surface area contributed by atoms with E-state index in [1.807, 2.05) is 33.8 Å². The van der Waals surface area contributed by atoms with Gasteiger partial charge in [0.15, 0.2) is 5.78 Å². The minimum atomic E-state index is -0.925. The minimum absolute atomic E-state index is 0.0150. The van der Waals surface area contributed by atoms with Gasteiger partial charge in [0.2, 0.25) is 0 Å². The number of carbonyl (C=O) groups excluding carboxylic acids is 1. The predicted molar refractivity (Wildman–Crippen MR) is 109 cm³/mol. The fourth-order valence-corrected chi connectivity index (χ4v) is 3.48. The lowest BCUT2D eigenvalue weighted by Gasteiger charge is -2.41. The molecule has 0 fully saturated rings. The van der Waals surface area contributed by atoms with Crippen molar-refractivity contribution in [2.75, 3.05) is 6.61 Å². The molecule has 1 N–H and O–H groups in total. The molecule has 0 aromatic heterocycles. The fourth-order valence-electron chi connectivity index (χ4n) is 3.48. The molecule has 0 saturated heterocycles. The van der Waals surface area contributed by atoms with Crippen LogP contribution in [0.5, 0.6) is 0 Å². The Hall–Kier alpha value is -1.61. The van der Waals surface area contributed by atoms with E-state index in [1.165, 1.54) is 0 Å². The minimum Gasteiger partial charge on any atom is -0.498 e. The van der Waals surface area contributed by atoms with Gasteiger partial charge >= 0.3 is 0 Å². The SMILES string of the molecule is C=CCC/C(C)=C/C(O)C1=C(OCC)C[C@@H](C)[C@@](C)(CCC(=C)C)C1=O. The lowest BCUT2D eigenvalue weighted by atomic mass is 9.63. The lowest BCUT2D eigenvalue weighted by molar-refractivity contribution is -0.129. The number of ketones is 1. The molecule has 0 saturated carbocycles. The Morgan fingerprint density at radius 3 is 2.62 bits per heavy atom. The Kier molecular flexibility index (Phi) is 8.55. The predicted octanol–water partition coefficient (Wildman–Crippen LogP) is 5.52. The zero-order valence-electron chi connectivity index (χ0n) is 17.2. The number of aliphatic hydroxyl groups excluding tert-OH is 1. The van der Waals surface area contributed by atoms with Crippen LogP contribution in [0, 0.1) is 11.3 Å². The second kappa shape index (κ2) is 9.91. The number of rotatable bonds is 10. The van der Waals surface area contributed by atoms with Crippen molar-refractivity contribution in [1.29, 1.82) is 0 Å².